The number of rotatable bonds is 2. The van der Waals surface area contributed by atoms with E-state index in [-0.39, 0.29) is 5.91 Å². The van der Waals surface area contributed by atoms with Gasteiger partial charge in [0.1, 0.15) is 5.82 Å². The van der Waals surface area contributed by atoms with Gasteiger partial charge < -0.3 is 10.1 Å². The summed E-state index contributed by atoms with van der Waals surface area (Å²) < 4.78 is 7.15. The number of carbonyl (C=O) groups excluding carboxylic acids is 1. The third-order valence-electron chi connectivity index (χ3n) is 2.98. The Hall–Kier alpha value is -2.37. The maximum atomic E-state index is 12.1. The third kappa shape index (κ3) is 2.29. The van der Waals surface area contributed by atoms with Crippen molar-refractivity contribution in [2.24, 2.45) is 0 Å². The van der Waals surface area contributed by atoms with Crippen molar-refractivity contribution >= 4 is 11.7 Å². The molecule has 6 nitrogen and oxygen atoms in total. The lowest BCUT2D eigenvalue weighted by atomic mass is 10.3. The van der Waals surface area contributed by atoms with Gasteiger partial charge >= 0.3 is 0 Å². The van der Waals surface area contributed by atoms with Crippen LogP contribution in [0.2, 0.25) is 0 Å². The Bertz CT molecular complexity index is 597. The van der Waals surface area contributed by atoms with Crippen LogP contribution in [0.4, 0.5) is 5.82 Å². The van der Waals surface area contributed by atoms with E-state index in [0.717, 1.165) is 18.5 Å². The van der Waals surface area contributed by atoms with Crippen LogP contribution in [0.3, 0.4) is 0 Å². The van der Waals surface area contributed by atoms with Gasteiger partial charge in [-0.3, -0.25) is 4.79 Å². The molecule has 0 bridgehead atoms. The summed E-state index contributed by atoms with van der Waals surface area (Å²) in [5.41, 5.74) is 1.26. The first-order valence-electron chi connectivity index (χ1n) is 6.17. The van der Waals surface area contributed by atoms with Gasteiger partial charge in [-0.05, 0) is 18.6 Å². The van der Waals surface area contributed by atoms with E-state index in [9.17, 15) is 4.79 Å². The molecule has 0 atom stereocenters. The monoisotopic (exact) mass is 258 g/mol. The lowest BCUT2D eigenvalue weighted by Gasteiger charge is -2.13. The van der Waals surface area contributed by atoms with Crippen LogP contribution in [0.25, 0.3) is 0 Å². The van der Waals surface area contributed by atoms with Crippen molar-refractivity contribution in [2.75, 3.05) is 11.9 Å². The molecule has 1 aliphatic rings. The fourth-order valence-corrected chi connectivity index (χ4v) is 1.97. The van der Waals surface area contributed by atoms with Crippen molar-refractivity contribution in [1.82, 2.24) is 14.8 Å². The summed E-state index contributed by atoms with van der Waals surface area (Å²) in [6.45, 7) is 3.35. The van der Waals surface area contributed by atoms with E-state index >= 15 is 0 Å². The molecule has 0 radical (unpaired) electrons. The second-order valence-electron chi connectivity index (χ2n) is 4.42. The summed E-state index contributed by atoms with van der Waals surface area (Å²) in [4.78, 5) is 16.2. The van der Waals surface area contributed by atoms with Crippen LogP contribution in [-0.4, -0.2) is 27.3 Å². The summed E-state index contributed by atoms with van der Waals surface area (Å²) >= 11 is 0. The van der Waals surface area contributed by atoms with E-state index in [0.29, 0.717) is 24.0 Å². The number of fused-ring (bicyclic) bond motifs is 1. The number of amides is 1. The lowest BCUT2D eigenvalue weighted by molar-refractivity contribution is 0.102. The molecule has 0 aliphatic carbocycles. The third-order valence-corrected chi connectivity index (χ3v) is 2.98. The highest BCUT2D eigenvalue weighted by Gasteiger charge is 2.18. The Morgan fingerprint density at radius 1 is 1.53 bits per heavy atom. The zero-order valence-corrected chi connectivity index (χ0v) is 10.6. The smallest absolute Gasteiger partial charge is 0.277 e. The van der Waals surface area contributed by atoms with Gasteiger partial charge in [0.15, 0.2) is 5.69 Å². The van der Waals surface area contributed by atoms with E-state index in [1.165, 1.54) is 0 Å². The normalized spacial score (nSPS) is 13.5. The van der Waals surface area contributed by atoms with E-state index in [1.54, 1.807) is 16.9 Å². The highest BCUT2D eigenvalue weighted by Crippen LogP contribution is 2.19. The van der Waals surface area contributed by atoms with Crippen molar-refractivity contribution in [1.29, 1.82) is 0 Å². The standard InChI is InChI=1S/C13H14N4O2/c1-9-4-2-5-14-12(9)15-13(18)10-8-11-17(16-10)6-3-7-19-11/h2,4-5,8H,3,6-7H2,1H3,(H,14,15,18). The Morgan fingerprint density at radius 3 is 3.21 bits per heavy atom. The first-order chi connectivity index (χ1) is 9.24. The SMILES string of the molecule is Cc1cccnc1NC(=O)c1cc2n(n1)CCCO2. The predicted molar refractivity (Wildman–Crippen MR) is 69.3 cm³/mol. The molecule has 1 amide bonds. The fourth-order valence-electron chi connectivity index (χ4n) is 1.97. The fraction of sp³-hybridized carbons (Fsp3) is 0.308. The summed E-state index contributed by atoms with van der Waals surface area (Å²) in [5.74, 6) is 0.931. The summed E-state index contributed by atoms with van der Waals surface area (Å²) in [6, 6.07) is 5.38. The Kier molecular flexibility index (Phi) is 2.91. The molecular formula is C13H14N4O2. The number of anilines is 1. The topological polar surface area (TPSA) is 69.0 Å². The van der Waals surface area contributed by atoms with Gasteiger partial charge in [-0.1, -0.05) is 6.07 Å². The zero-order chi connectivity index (χ0) is 13.2. The lowest BCUT2D eigenvalue weighted by Crippen LogP contribution is -2.16. The van der Waals surface area contributed by atoms with Gasteiger partial charge in [-0.25, -0.2) is 9.67 Å². The quantitative estimate of drug-likeness (QED) is 0.888. The molecule has 3 rings (SSSR count). The van der Waals surface area contributed by atoms with Crippen LogP contribution >= 0.6 is 0 Å². The van der Waals surface area contributed by atoms with Gasteiger partial charge in [-0.15, -0.1) is 0 Å². The van der Waals surface area contributed by atoms with E-state index in [2.05, 4.69) is 15.4 Å². The molecule has 6 heteroatoms. The molecule has 0 saturated carbocycles. The van der Waals surface area contributed by atoms with Crippen LogP contribution in [-0.2, 0) is 6.54 Å². The first kappa shape index (κ1) is 11.7. The van der Waals surface area contributed by atoms with Crippen LogP contribution in [0, 0.1) is 6.92 Å². The second kappa shape index (κ2) is 4.72. The van der Waals surface area contributed by atoms with E-state index < -0.39 is 0 Å². The average Bonchev–Trinajstić information content (AvgIpc) is 2.85. The Balaban J connectivity index is 1.81. The van der Waals surface area contributed by atoms with Crippen molar-refractivity contribution in [3.63, 3.8) is 0 Å². The summed E-state index contributed by atoms with van der Waals surface area (Å²) in [7, 11) is 0. The molecule has 1 N–H and O–H groups in total. The number of hydrogen-bond acceptors (Lipinski definition) is 4. The summed E-state index contributed by atoms with van der Waals surface area (Å²) in [6.07, 6.45) is 2.55. The summed E-state index contributed by atoms with van der Waals surface area (Å²) in [5, 5.41) is 6.98. The maximum absolute atomic E-state index is 12.1. The van der Waals surface area contributed by atoms with E-state index in [4.69, 9.17) is 4.74 Å². The number of hydrogen-bond donors (Lipinski definition) is 1. The Morgan fingerprint density at radius 2 is 2.42 bits per heavy atom. The van der Waals surface area contributed by atoms with Gasteiger partial charge in [0.2, 0.25) is 5.88 Å². The second-order valence-corrected chi connectivity index (χ2v) is 4.42. The van der Waals surface area contributed by atoms with Crippen molar-refractivity contribution in [2.45, 2.75) is 19.9 Å². The number of nitrogens with zero attached hydrogens (tertiary/aromatic N) is 3. The van der Waals surface area contributed by atoms with Gasteiger partial charge in [0.05, 0.1) is 6.61 Å². The highest BCUT2D eigenvalue weighted by atomic mass is 16.5. The van der Waals surface area contributed by atoms with Crippen molar-refractivity contribution < 1.29 is 9.53 Å². The predicted octanol–water partition coefficient (Wildman–Crippen LogP) is 1.62. The van der Waals surface area contributed by atoms with Gasteiger partial charge in [-0.2, -0.15) is 5.10 Å². The number of pyridine rings is 1. The molecule has 0 saturated heterocycles. The number of carbonyl (C=O) groups is 1. The Labute approximate surface area is 110 Å². The average molecular weight is 258 g/mol. The van der Waals surface area contributed by atoms with E-state index in [1.807, 2.05) is 19.1 Å². The zero-order valence-electron chi connectivity index (χ0n) is 10.6. The molecular weight excluding hydrogens is 244 g/mol. The maximum Gasteiger partial charge on any atom is 0.277 e. The highest BCUT2D eigenvalue weighted by molar-refractivity contribution is 6.02. The minimum atomic E-state index is -0.271. The van der Waals surface area contributed by atoms with Crippen LogP contribution < -0.4 is 10.1 Å². The van der Waals surface area contributed by atoms with Crippen LogP contribution in [0.1, 0.15) is 22.5 Å². The molecule has 1 aliphatic heterocycles. The molecule has 3 heterocycles. The number of nitrogens with one attached hydrogen (secondary N) is 1. The van der Waals surface area contributed by atoms with Crippen LogP contribution in [0.15, 0.2) is 24.4 Å². The van der Waals surface area contributed by atoms with Gasteiger partial charge in [0.25, 0.3) is 5.91 Å². The van der Waals surface area contributed by atoms with Crippen LogP contribution in [0.5, 0.6) is 5.88 Å². The number of aromatic nitrogens is 3. The molecule has 0 unspecified atom stereocenters. The minimum Gasteiger partial charge on any atom is -0.478 e. The molecule has 19 heavy (non-hydrogen) atoms. The molecule has 2 aromatic rings. The molecule has 0 spiro atoms. The molecule has 2 aromatic heterocycles. The van der Waals surface area contributed by atoms with Crippen molar-refractivity contribution in [3.05, 3.63) is 35.7 Å². The number of aryl methyl sites for hydroxylation is 2. The van der Waals surface area contributed by atoms with Gasteiger partial charge in [0, 0.05) is 25.2 Å². The molecule has 0 fully saturated rings. The van der Waals surface area contributed by atoms with Crippen molar-refractivity contribution in [3.8, 4) is 5.88 Å². The number of ether oxygens (including phenoxy) is 1. The molecule has 98 valence electrons. The minimum absolute atomic E-state index is 0.271. The molecule has 0 aromatic carbocycles. The first-order valence-corrected chi connectivity index (χ1v) is 6.17. The largest absolute Gasteiger partial charge is 0.478 e.